The van der Waals surface area contributed by atoms with Gasteiger partial charge in [-0.15, -0.1) is 0 Å². The lowest BCUT2D eigenvalue weighted by molar-refractivity contribution is -0.159. The van der Waals surface area contributed by atoms with Crippen LogP contribution in [0.1, 0.15) is 46.1 Å². The highest BCUT2D eigenvalue weighted by atomic mass is 16.6. The molecule has 1 heterocycles. The van der Waals surface area contributed by atoms with E-state index in [2.05, 4.69) is 6.92 Å². The number of carbonyl (C=O) groups is 2. The predicted molar refractivity (Wildman–Crippen MR) is 99.1 cm³/mol. The van der Waals surface area contributed by atoms with Crippen molar-refractivity contribution < 1.29 is 19.1 Å². The van der Waals surface area contributed by atoms with Gasteiger partial charge in [0.05, 0.1) is 0 Å². The van der Waals surface area contributed by atoms with Crippen LogP contribution in [0.25, 0.3) is 0 Å². The molecule has 6 heteroatoms. The molecule has 0 aliphatic carbocycles. The van der Waals surface area contributed by atoms with Crippen LogP contribution in [0.3, 0.4) is 0 Å². The summed E-state index contributed by atoms with van der Waals surface area (Å²) in [6, 6.07) is 9.50. The lowest BCUT2D eigenvalue weighted by Crippen LogP contribution is -2.49. The van der Waals surface area contributed by atoms with Crippen molar-refractivity contribution in [2.24, 2.45) is 5.92 Å². The van der Waals surface area contributed by atoms with Gasteiger partial charge >= 0.3 is 12.1 Å². The SMILES string of the molecule is CCC1CCN(N(CC(=O)OC(C)(C)C)C(=O)OCc2ccccc2)C1. The Bertz CT molecular complexity index is 598. The van der Waals surface area contributed by atoms with E-state index in [1.165, 1.54) is 5.01 Å². The van der Waals surface area contributed by atoms with Crippen molar-refractivity contribution in [3.63, 3.8) is 0 Å². The van der Waals surface area contributed by atoms with Crippen LogP contribution in [-0.2, 0) is 20.9 Å². The molecule has 1 unspecified atom stereocenters. The molecule has 1 aliphatic rings. The molecule has 1 atom stereocenters. The average Bonchev–Trinajstić information content (AvgIpc) is 3.06. The molecule has 1 aromatic carbocycles. The molecule has 0 aromatic heterocycles. The standard InChI is InChI=1S/C20H30N2O4/c1-5-16-11-12-21(13-16)22(14-18(23)26-20(2,3)4)19(24)25-15-17-9-7-6-8-10-17/h6-10,16H,5,11-15H2,1-4H3. The second-order valence-electron chi connectivity index (χ2n) is 7.66. The summed E-state index contributed by atoms with van der Waals surface area (Å²) in [6.07, 6.45) is 1.54. The first-order valence-electron chi connectivity index (χ1n) is 9.23. The van der Waals surface area contributed by atoms with Crippen molar-refractivity contribution in [3.05, 3.63) is 35.9 Å². The van der Waals surface area contributed by atoms with Gasteiger partial charge in [-0.1, -0.05) is 43.7 Å². The summed E-state index contributed by atoms with van der Waals surface area (Å²) in [5.41, 5.74) is 0.319. The van der Waals surface area contributed by atoms with E-state index in [1.54, 1.807) is 0 Å². The molecule has 0 bridgehead atoms. The molecule has 0 spiro atoms. The van der Waals surface area contributed by atoms with Gasteiger partial charge in [-0.05, 0) is 38.7 Å². The number of ether oxygens (including phenoxy) is 2. The average molecular weight is 362 g/mol. The molecule has 6 nitrogen and oxygen atoms in total. The van der Waals surface area contributed by atoms with Gasteiger partial charge in [0.25, 0.3) is 0 Å². The highest BCUT2D eigenvalue weighted by molar-refractivity contribution is 5.78. The zero-order valence-corrected chi connectivity index (χ0v) is 16.2. The van der Waals surface area contributed by atoms with E-state index in [4.69, 9.17) is 9.47 Å². The van der Waals surface area contributed by atoms with E-state index in [-0.39, 0.29) is 13.2 Å². The van der Waals surface area contributed by atoms with E-state index in [0.29, 0.717) is 5.92 Å². The largest absolute Gasteiger partial charge is 0.459 e. The first-order valence-corrected chi connectivity index (χ1v) is 9.23. The summed E-state index contributed by atoms with van der Waals surface area (Å²) in [4.78, 5) is 24.9. The van der Waals surface area contributed by atoms with Crippen LogP contribution in [0.4, 0.5) is 4.79 Å². The lowest BCUT2D eigenvalue weighted by Gasteiger charge is -2.31. The molecule has 26 heavy (non-hydrogen) atoms. The van der Waals surface area contributed by atoms with E-state index >= 15 is 0 Å². The number of amides is 1. The molecule has 1 amide bonds. The molecule has 1 aliphatic heterocycles. The molecular weight excluding hydrogens is 332 g/mol. The smallest absolute Gasteiger partial charge is 0.425 e. The number of carbonyl (C=O) groups excluding carboxylic acids is 2. The third-order valence-corrected chi connectivity index (χ3v) is 4.30. The minimum Gasteiger partial charge on any atom is -0.459 e. The third kappa shape index (κ3) is 6.33. The molecule has 0 saturated carbocycles. The van der Waals surface area contributed by atoms with Gasteiger partial charge in [-0.25, -0.2) is 14.8 Å². The van der Waals surface area contributed by atoms with Gasteiger partial charge in [0, 0.05) is 13.1 Å². The van der Waals surface area contributed by atoms with Crippen LogP contribution in [0.15, 0.2) is 30.3 Å². The summed E-state index contributed by atoms with van der Waals surface area (Å²) < 4.78 is 10.8. The quantitative estimate of drug-likeness (QED) is 0.724. The summed E-state index contributed by atoms with van der Waals surface area (Å²) in [7, 11) is 0. The Morgan fingerprint density at radius 3 is 2.50 bits per heavy atom. The number of benzene rings is 1. The Morgan fingerprint density at radius 2 is 1.92 bits per heavy atom. The van der Waals surface area contributed by atoms with E-state index in [0.717, 1.165) is 31.5 Å². The first-order chi connectivity index (χ1) is 12.3. The molecule has 144 valence electrons. The van der Waals surface area contributed by atoms with Crippen LogP contribution in [0, 0.1) is 5.92 Å². The van der Waals surface area contributed by atoms with Gasteiger partial charge < -0.3 is 9.47 Å². The first kappa shape index (κ1) is 20.2. The highest BCUT2D eigenvalue weighted by Crippen LogP contribution is 2.22. The summed E-state index contributed by atoms with van der Waals surface area (Å²) >= 11 is 0. The van der Waals surface area contributed by atoms with Crippen LogP contribution in [0.5, 0.6) is 0 Å². The number of rotatable bonds is 6. The van der Waals surface area contributed by atoms with Crippen molar-refractivity contribution in [1.82, 2.24) is 10.0 Å². The van der Waals surface area contributed by atoms with Crippen molar-refractivity contribution in [1.29, 1.82) is 0 Å². The zero-order chi connectivity index (χ0) is 19.2. The molecular formula is C20H30N2O4. The fourth-order valence-corrected chi connectivity index (χ4v) is 2.93. The molecule has 1 saturated heterocycles. The second-order valence-corrected chi connectivity index (χ2v) is 7.66. The maximum absolute atomic E-state index is 12.7. The van der Waals surface area contributed by atoms with Gasteiger partial charge in [-0.2, -0.15) is 0 Å². The topological polar surface area (TPSA) is 59.1 Å². The number of hydrazine groups is 1. The number of esters is 1. The Labute approximate surface area is 156 Å². The van der Waals surface area contributed by atoms with Crippen LogP contribution >= 0.6 is 0 Å². The van der Waals surface area contributed by atoms with Crippen LogP contribution in [0.2, 0.25) is 0 Å². The maximum Gasteiger partial charge on any atom is 0.425 e. The molecule has 0 N–H and O–H groups in total. The number of nitrogens with zero attached hydrogens (tertiary/aromatic N) is 2. The van der Waals surface area contributed by atoms with Gasteiger partial charge in [-0.3, -0.25) is 4.79 Å². The monoisotopic (exact) mass is 362 g/mol. The van der Waals surface area contributed by atoms with E-state index in [9.17, 15) is 9.59 Å². The summed E-state index contributed by atoms with van der Waals surface area (Å²) in [5, 5.41) is 3.30. The van der Waals surface area contributed by atoms with Crippen LogP contribution < -0.4 is 0 Å². The van der Waals surface area contributed by atoms with Gasteiger partial charge in [0.2, 0.25) is 0 Å². The summed E-state index contributed by atoms with van der Waals surface area (Å²) in [5.74, 6) is 0.0900. The summed E-state index contributed by atoms with van der Waals surface area (Å²) in [6.45, 7) is 9.10. The minimum absolute atomic E-state index is 0.138. The Hall–Kier alpha value is -2.08. The van der Waals surface area contributed by atoms with Gasteiger partial charge in [0.1, 0.15) is 18.8 Å². The zero-order valence-electron chi connectivity index (χ0n) is 16.2. The normalized spacial score (nSPS) is 17.8. The van der Waals surface area contributed by atoms with Gasteiger partial charge in [0.15, 0.2) is 0 Å². The Kier molecular flexibility index (Phi) is 7.03. The minimum atomic E-state index is -0.590. The Balaban J connectivity index is 2.01. The van der Waals surface area contributed by atoms with Crippen LogP contribution in [-0.4, -0.2) is 47.3 Å². The van der Waals surface area contributed by atoms with Crippen molar-refractivity contribution >= 4 is 12.1 Å². The Morgan fingerprint density at radius 1 is 1.23 bits per heavy atom. The number of hydrogen-bond donors (Lipinski definition) is 0. The molecule has 1 fully saturated rings. The maximum atomic E-state index is 12.7. The predicted octanol–water partition coefficient (Wildman–Crippen LogP) is 3.61. The molecule has 1 aromatic rings. The van der Waals surface area contributed by atoms with Crippen molar-refractivity contribution in [3.8, 4) is 0 Å². The third-order valence-electron chi connectivity index (χ3n) is 4.30. The fourth-order valence-electron chi connectivity index (χ4n) is 2.93. The van der Waals surface area contributed by atoms with E-state index < -0.39 is 17.7 Å². The van der Waals surface area contributed by atoms with Crippen molar-refractivity contribution in [2.75, 3.05) is 19.6 Å². The second kappa shape index (κ2) is 9.03. The lowest BCUT2D eigenvalue weighted by atomic mass is 10.1. The van der Waals surface area contributed by atoms with Crippen molar-refractivity contribution in [2.45, 2.75) is 52.7 Å². The number of hydrogen-bond acceptors (Lipinski definition) is 5. The highest BCUT2D eigenvalue weighted by Gasteiger charge is 2.32. The fraction of sp³-hybridized carbons (Fsp3) is 0.600. The van der Waals surface area contributed by atoms with E-state index in [1.807, 2.05) is 56.1 Å². The molecule has 0 radical (unpaired) electrons. The molecule has 2 rings (SSSR count).